The van der Waals surface area contributed by atoms with Crippen molar-refractivity contribution in [2.45, 2.75) is 13.5 Å². The zero-order valence-corrected chi connectivity index (χ0v) is 10.7. The van der Waals surface area contributed by atoms with E-state index in [0.717, 1.165) is 13.1 Å². The van der Waals surface area contributed by atoms with Crippen molar-refractivity contribution in [1.29, 1.82) is 0 Å². The van der Waals surface area contributed by atoms with Gasteiger partial charge in [0.1, 0.15) is 5.75 Å². The fourth-order valence-corrected chi connectivity index (χ4v) is 1.36. The molecule has 0 aliphatic rings. The first-order valence-electron chi connectivity index (χ1n) is 6.06. The van der Waals surface area contributed by atoms with E-state index in [9.17, 15) is 4.79 Å². The van der Waals surface area contributed by atoms with Gasteiger partial charge in [-0.3, -0.25) is 4.79 Å². The van der Waals surface area contributed by atoms with Gasteiger partial charge in [-0.15, -0.1) is 6.58 Å². The number of rotatable bonds is 8. The topological polar surface area (TPSA) is 50.4 Å². The fraction of sp³-hybridized carbons (Fsp3) is 0.357. The van der Waals surface area contributed by atoms with Gasteiger partial charge < -0.3 is 15.4 Å². The summed E-state index contributed by atoms with van der Waals surface area (Å²) in [6.07, 6.45) is 1.63. The summed E-state index contributed by atoms with van der Waals surface area (Å²) in [6, 6.07) is 7.71. The number of hydrogen-bond donors (Lipinski definition) is 2. The molecule has 4 nitrogen and oxygen atoms in total. The van der Waals surface area contributed by atoms with Crippen molar-refractivity contribution in [3.05, 3.63) is 42.5 Å². The highest BCUT2D eigenvalue weighted by molar-refractivity contribution is 5.77. The number of nitrogens with one attached hydrogen (secondary N) is 2. The lowest BCUT2D eigenvalue weighted by molar-refractivity contribution is -0.122. The van der Waals surface area contributed by atoms with Crippen LogP contribution in [-0.2, 0) is 11.3 Å². The Bertz CT molecular complexity index is 374. The Kier molecular flexibility index (Phi) is 6.58. The van der Waals surface area contributed by atoms with Crippen molar-refractivity contribution >= 4 is 5.91 Å². The van der Waals surface area contributed by atoms with E-state index in [1.54, 1.807) is 6.08 Å². The number of carbonyl (C=O) groups excluding carboxylic acids is 1. The molecule has 1 aromatic rings. The average Bonchev–Trinajstić information content (AvgIpc) is 2.41. The molecule has 2 N–H and O–H groups in total. The summed E-state index contributed by atoms with van der Waals surface area (Å²) in [6.45, 7) is 7.87. The van der Waals surface area contributed by atoms with Gasteiger partial charge in [-0.05, 0) is 24.2 Å². The molecule has 0 aliphatic heterocycles. The molecule has 1 rings (SSSR count). The summed E-state index contributed by atoms with van der Waals surface area (Å²) in [5.41, 5.74) is 1.19. The molecular weight excluding hydrogens is 228 g/mol. The predicted octanol–water partition coefficient (Wildman–Crippen LogP) is 1.48. The number of hydrogen-bond acceptors (Lipinski definition) is 3. The first-order valence-corrected chi connectivity index (χ1v) is 6.06. The Balaban J connectivity index is 2.34. The molecule has 0 fully saturated rings. The van der Waals surface area contributed by atoms with E-state index in [-0.39, 0.29) is 12.5 Å². The Morgan fingerprint density at radius 3 is 2.72 bits per heavy atom. The van der Waals surface area contributed by atoms with Crippen LogP contribution >= 0.6 is 0 Å². The third-order valence-electron chi connectivity index (χ3n) is 2.32. The van der Waals surface area contributed by atoms with Gasteiger partial charge in [0.25, 0.3) is 5.91 Å². The quantitative estimate of drug-likeness (QED) is 0.685. The summed E-state index contributed by atoms with van der Waals surface area (Å²) < 4.78 is 5.36. The number of carbonyl (C=O) groups is 1. The van der Waals surface area contributed by atoms with Crippen LogP contribution in [0.5, 0.6) is 5.75 Å². The summed E-state index contributed by atoms with van der Waals surface area (Å²) >= 11 is 0. The molecule has 98 valence electrons. The molecule has 0 aliphatic carbocycles. The average molecular weight is 248 g/mol. The lowest BCUT2D eigenvalue weighted by Crippen LogP contribution is -2.28. The highest BCUT2D eigenvalue weighted by Crippen LogP contribution is 2.11. The van der Waals surface area contributed by atoms with Gasteiger partial charge in [-0.25, -0.2) is 0 Å². The van der Waals surface area contributed by atoms with Crippen LogP contribution in [0, 0.1) is 0 Å². The van der Waals surface area contributed by atoms with Gasteiger partial charge in [-0.2, -0.15) is 0 Å². The molecule has 0 unspecified atom stereocenters. The Labute approximate surface area is 108 Å². The first-order chi connectivity index (χ1) is 8.76. The van der Waals surface area contributed by atoms with E-state index in [4.69, 9.17) is 4.74 Å². The largest absolute Gasteiger partial charge is 0.484 e. The minimum Gasteiger partial charge on any atom is -0.484 e. The number of benzene rings is 1. The van der Waals surface area contributed by atoms with Crippen LogP contribution in [0.25, 0.3) is 0 Å². The molecular formula is C14H20N2O2. The summed E-state index contributed by atoms with van der Waals surface area (Å²) in [5, 5.41) is 5.89. The van der Waals surface area contributed by atoms with Crippen molar-refractivity contribution < 1.29 is 9.53 Å². The Hall–Kier alpha value is -1.81. The minimum atomic E-state index is -0.147. The molecule has 0 saturated carbocycles. The van der Waals surface area contributed by atoms with E-state index in [1.807, 2.05) is 24.3 Å². The van der Waals surface area contributed by atoms with Gasteiger partial charge in [0.2, 0.25) is 0 Å². The normalized spacial score (nSPS) is 9.83. The van der Waals surface area contributed by atoms with Crippen LogP contribution in [0.1, 0.15) is 12.5 Å². The Morgan fingerprint density at radius 2 is 2.11 bits per heavy atom. The molecule has 1 amide bonds. The highest BCUT2D eigenvalue weighted by Gasteiger charge is 2.01. The van der Waals surface area contributed by atoms with Crippen LogP contribution < -0.4 is 15.4 Å². The molecule has 1 aromatic carbocycles. The number of ether oxygens (including phenoxy) is 1. The van der Waals surface area contributed by atoms with Gasteiger partial charge in [0.05, 0.1) is 0 Å². The van der Waals surface area contributed by atoms with Gasteiger partial charge in [0.15, 0.2) is 6.61 Å². The fourth-order valence-electron chi connectivity index (χ4n) is 1.36. The van der Waals surface area contributed by atoms with E-state index < -0.39 is 0 Å². The monoisotopic (exact) mass is 248 g/mol. The van der Waals surface area contributed by atoms with Crippen molar-refractivity contribution in [1.82, 2.24) is 10.6 Å². The lowest BCUT2D eigenvalue weighted by Gasteiger charge is -2.07. The van der Waals surface area contributed by atoms with Crippen LogP contribution in [0.3, 0.4) is 0 Å². The third kappa shape index (κ3) is 5.50. The summed E-state index contributed by atoms with van der Waals surface area (Å²) in [5.74, 6) is 0.552. The first kappa shape index (κ1) is 14.3. The van der Waals surface area contributed by atoms with E-state index in [1.165, 1.54) is 5.56 Å². The third-order valence-corrected chi connectivity index (χ3v) is 2.32. The van der Waals surface area contributed by atoms with Crippen molar-refractivity contribution in [2.75, 3.05) is 19.7 Å². The van der Waals surface area contributed by atoms with Crippen molar-refractivity contribution in [3.8, 4) is 5.75 Å². The molecule has 0 bridgehead atoms. The van der Waals surface area contributed by atoms with Gasteiger partial charge >= 0.3 is 0 Å². The molecule has 0 atom stereocenters. The van der Waals surface area contributed by atoms with Crippen molar-refractivity contribution in [3.63, 3.8) is 0 Å². The molecule has 0 radical (unpaired) electrons. The second kappa shape index (κ2) is 8.31. The van der Waals surface area contributed by atoms with Crippen LogP contribution in [-0.4, -0.2) is 25.6 Å². The predicted molar refractivity (Wildman–Crippen MR) is 72.5 cm³/mol. The molecule has 0 saturated heterocycles. The molecule has 0 spiro atoms. The van der Waals surface area contributed by atoms with Gasteiger partial charge in [0, 0.05) is 13.1 Å². The smallest absolute Gasteiger partial charge is 0.258 e. The maximum Gasteiger partial charge on any atom is 0.258 e. The van der Waals surface area contributed by atoms with Crippen LogP contribution in [0.2, 0.25) is 0 Å². The van der Waals surface area contributed by atoms with Crippen molar-refractivity contribution in [2.24, 2.45) is 0 Å². The second-order valence-electron chi connectivity index (χ2n) is 3.81. The van der Waals surface area contributed by atoms with E-state index in [2.05, 4.69) is 24.1 Å². The maximum absolute atomic E-state index is 11.3. The molecule has 4 heteroatoms. The SMILES string of the molecule is C=CCNC(=O)COc1ccc(CNCC)cc1. The van der Waals surface area contributed by atoms with Crippen LogP contribution in [0.4, 0.5) is 0 Å². The zero-order chi connectivity index (χ0) is 13.2. The minimum absolute atomic E-state index is 0.0282. The summed E-state index contributed by atoms with van der Waals surface area (Å²) in [7, 11) is 0. The standard InChI is InChI=1S/C14H20N2O2/c1-3-9-16-14(17)11-18-13-7-5-12(6-8-13)10-15-4-2/h3,5-8,15H,1,4,9-11H2,2H3,(H,16,17). The zero-order valence-electron chi connectivity index (χ0n) is 10.7. The maximum atomic E-state index is 11.3. The van der Waals surface area contributed by atoms with Crippen LogP contribution in [0.15, 0.2) is 36.9 Å². The molecule has 0 heterocycles. The van der Waals surface area contributed by atoms with Gasteiger partial charge in [-0.1, -0.05) is 25.1 Å². The van der Waals surface area contributed by atoms with E-state index >= 15 is 0 Å². The lowest BCUT2D eigenvalue weighted by atomic mass is 10.2. The highest BCUT2D eigenvalue weighted by atomic mass is 16.5. The number of amides is 1. The molecule has 18 heavy (non-hydrogen) atoms. The second-order valence-corrected chi connectivity index (χ2v) is 3.81. The van der Waals surface area contributed by atoms with E-state index in [0.29, 0.717) is 12.3 Å². The Morgan fingerprint density at radius 1 is 1.39 bits per heavy atom. The molecule has 0 aromatic heterocycles. The summed E-state index contributed by atoms with van der Waals surface area (Å²) in [4.78, 5) is 11.3.